The fourth-order valence-electron chi connectivity index (χ4n) is 1.36. The Hall–Kier alpha value is -1.29. The first-order valence-corrected chi connectivity index (χ1v) is 5.79. The number of hydrogen-bond donors (Lipinski definition) is 2. The fourth-order valence-corrected chi connectivity index (χ4v) is 1.58. The van der Waals surface area contributed by atoms with E-state index >= 15 is 0 Å². The number of hydrogen-bond acceptors (Lipinski definition) is 2. The second kappa shape index (κ2) is 5.87. The van der Waals surface area contributed by atoms with Crippen LogP contribution in [0.5, 0.6) is 0 Å². The van der Waals surface area contributed by atoms with Gasteiger partial charge in [-0.05, 0) is 39.0 Å². The molecule has 0 spiro atoms. The lowest BCUT2D eigenvalue weighted by molar-refractivity contribution is -0.122. The van der Waals surface area contributed by atoms with Crippen LogP contribution in [0, 0.1) is 5.82 Å². The Morgan fingerprint density at radius 1 is 1.29 bits per heavy atom. The van der Waals surface area contributed by atoms with E-state index < -0.39 is 11.9 Å². The summed E-state index contributed by atoms with van der Waals surface area (Å²) in [5, 5.41) is 5.95. The average Bonchev–Trinajstić information content (AvgIpc) is 2.14. The van der Waals surface area contributed by atoms with Gasteiger partial charge in [-0.3, -0.25) is 4.79 Å². The molecule has 0 aromatic heterocycles. The van der Waals surface area contributed by atoms with Gasteiger partial charge in [-0.2, -0.15) is 0 Å². The minimum Gasteiger partial charge on any atom is -0.374 e. The maximum Gasteiger partial charge on any atom is 0.242 e. The lowest BCUT2D eigenvalue weighted by Gasteiger charge is -2.17. The van der Waals surface area contributed by atoms with Crippen LogP contribution in [-0.2, 0) is 4.79 Å². The zero-order chi connectivity index (χ0) is 13.0. The first-order valence-electron chi connectivity index (χ1n) is 5.41. The van der Waals surface area contributed by atoms with Crippen LogP contribution in [0.4, 0.5) is 10.1 Å². The van der Waals surface area contributed by atoms with Gasteiger partial charge in [0.2, 0.25) is 5.91 Å². The van der Waals surface area contributed by atoms with E-state index in [1.54, 1.807) is 13.0 Å². The second-order valence-electron chi connectivity index (χ2n) is 4.19. The van der Waals surface area contributed by atoms with Crippen molar-refractivity contribution in [1.82, 2.24) is 5.32 Å². The third kappa shape index (κ3) is 4.61. The second-order valence-corrected chi connectivity index (χ2v) is 4.62. The Kier molecular flexibility index (Phi) is 4.75. The highest BCUT2D eigenvalue weighted by Gasteiger charge is 2.13. The fraction of sp³-hybridized carbons (Fsp3) is 0.417. The van der Waals surface area contributed by atoms with Gasteiger partial charge in [0.15, 0.2) is 0 Å². The van der Waals surface area contributed by atoms with E-state index in [0.29, 0.717) is 10.7 Å². The van der Waals surface area contributed by atoms with Crippen LogP contribution in [-0.4, -0.2) is 18.0 Å². The number of carbonyl (C=O) groups is 1. The third-order valence-corrected chi connectivity index (χ3v) is 2.29. The minimum atomic E-state index is -0.449. The van der Waals surface area contributed by atoms with E-state index in [1.165, 1.54) is 12.1 Å². The van der Waals surface area contributed by atoms with Gasteiger partial charge in [0.05, 0.1) is 0 Å². The summed E-state index contributed by atoms with van der Waals surface area (Å²) in [6.07, 6.45) is 0. The van der Waals surface area contributed by atoms with E-state index in [2.05, 4.69) is 10.6 Å². The van der Waals surface area contributed by atoms with Gasteiger partial charge >= 0.3 is 0 Å². The molecule has 0 bridgehead atoms. The number of benzene rings is 1. The van der Waals surface area contributed by atoms with Crippen LogP contribution in [0.2, 0.25) is 5.02 Å². The summed E-state index contributed by atoms with van der Waals surface area (Å²) in [7, 11) is 0. The van der Waals surface area contributed by atoms with Crippen molar-refractivity contribution in [3.8, 4) is 0 Å². The van der Waals surface area contributed by atoms with Gasteiger partial charge in [-0.15, -0.1) is 0 Å². The Bertz CT molecular complexity index is 389. The van der Waals surface area contributed by atoms with Crippen LogP contribution >= 0.6 is 11.6 Å². The van der Waals surface area contributed by atoms with E-state index in [0.717, 1.165) is 0 Å². The summed E-state index contributed by atoms with van der Waals surface area (Å²) in [4.78, 5) is 11.6. The Balaban J connectivity index is 2.67. The number of carbonyl (C=O) groups excluding carboxylic acids is 1. The average molecular weight is 259 g/mol. The highest BCUT2D eigenvalue weighted by Crippen LogP contribution is 2.18. The molecule has 0 aliphatic rings. The molecule has 1 aromatic rings. The van der Waals surface area contributed by atoms with Crippen molar-refractivity contribution >= 4 is 23.2 Å². The van der Waals surface area contributed by atoms with Gasteiger partial charge in [-0.1, -0.05) is 11.6 Å². The number of anilines is 1. The van der Waals surface area contributed by atoms with Gasteiger partial charge in [-0.25, -0.2) is 4.39 Å². The van der Waals surface area contributed by atoms with Crippen molar-refractivity contribution in [1.29, 1.82) is 0 Å². The summed E-state index contributed by atoms with van der Waals surface area (Å²) in [6, 6.07) is 3.71. The molecule has 0 radical (unpaired) electrons. The molecule has 1 unspecified atom stereocenters. The molecule has 1 atom stereocenters. The molecule has 0 saturated heterocycles. The first kappa shape index (κ1) is 13.8. The number of amides is 1. The van der Waals surface area contributed by atoms with Gasteiger partial charge in [0.1, 0.15) is 11.9 Å². The minimum absolute atomic E-state index is 0.0721. The molecule has 3 nitrogen and oxygen atoms in total. The largest absolute Gasteiger partial charge is 0.374 e. The van der Waals surface area contributed by atoms with Crippen molar-refractivity contribution in [2.45, 2.75) is 32.9 Å². The topological polar surface area (TPSA) is 41.1 Å². The lowest BCUT2D eigenvalue weighted by Crippen LogP contribution is -2.40. The van der Waals surface area contributed by atoms with Crippen molar-refractivity contribution in [2.75, 3.05) is 5.32 Å². The highest BCUT2D eigenvalue weighted by atomic mass is 35.5. The predicted octanol–water partition coefficient (Wildman–Crippen LogP) is 2.80. The molecule has 0 aliphatic heterocycles. The first-order chi connectivity index (χ1) is 7.88. The summed E-state index contributed by atoms with van der Waals surface area (Å²) < 4.78 is 13.1. The van der Waals surface area contributed by atoms with E-state index in [1.807, 2.05) is 13.8 Å². The predicted molar refractivity (Wildman–Crippen MR) is 67.8 cm³/mol. The van der Waals surface area contributed by atoms with Gasteiger partial charge in [0.25, 0.3) is 0 Å². The molecule has 94 valence electrons. The molecular formula is C12H16ClFN2O. The van der Waals surface area contributed by atoms with Crippen molar-refractivity contribution < 1.29 is 9.18 Å². The standard InChI is InChI=1S/C12H16ClFN2O/c1-7(2)15-12(17)8(3)16-11-5-9(13)4-10(14)6-11/h4-8,16H,1-3H3,(H,15,17). The van der Waals surface area contributed by atoms with Gasteiger partial charge < -0.3 is 10.6 Å². The quantitative estimate of drug-likeness (QED) is 0.872. The number of rotatable bonds is 4. The van der Waals surface area contributed by atoms with Crippen LogP contribution in [0.25, 0.3) is 0 Å². The molecule has 17 heavy (non-hydrogen) atoms. The molecule has 0 fully saturated rings. The van der Waals surface area contributed by atoms with Crippen LogP contribution in [0.3, 0.4) is 0 Å². The monoisotopic (exact) mass is 258 g/mol. The highest BCUT2D eigenvalue weighted by molar-refractivity contribution is 6.30. The smallest absolute Gasteiger partial charge is 0.242 e. The molecule has 1 amide bonds. The van der Waals surface area contributed by atoms with Gasteiger partial charge in [0, 0.05) is 16.8 Å². The molecular weight excluding hydrogens is 243 g/mol. The lowest BCUT2D eigenvalue weighted by atomic mass is 10.2. The number of halogens is 2. The Morgan fingerprint density at radius 3 is 2.47 bits per heavy atom. The zero-order valence-electron chi connectivity index (χ0n) is 10.1. The summed E-state index contributed by atoms with van der Waals surface area (Å²) in [5.41, 5.74) is 0.487. The van der Waals surface area contributed by atoms with E-state index in [4.69, 9.17) is 11.6 Å². The molecule has 0 saturated carbocycles. The van der Waals surface area contributed by atoms with Crippen molar-refractivity contribution in [3.05, 3.63) is 29.0 Å². The van der Waals surface area contributed by atoms with Crippen LogP contribution in [0.15, 0.2) is 18.2 Å². The summed E-state index contributed by atoms with van der Waals surface area (Å²) >= 11 is 5.72. The molecule has 0 heterocycles. The van der Waals surface area contributed by atoms with Crippen molar-refractivity contribution in [3.63, 3.8) is 0 Å². The summed E-state index contributed by atoms with van der Waals surface area (Å²) in [6.45, 7) is 5.46. The molecule has 5 heteroatoms. The van der Waals surface area contributed by atoms with Crippen molar-refractivity contribution in [2.24, 2.45) is 0 Å². The molecule has 1 aromatic carbocycles. The SMILES string of the molecule is CC(C)NC(=O)C(C)Nc1cc(F)cc(Cl)c1. The number of nitrogens with one attached hydrogen (secondary N) is 2. The Labute approximate surface area is 105 Å². The molecule has 0 aliphatic carbocycles. The maximum absolute atomic E-state index is 13.1. The van der Waals surface area contributed by atoms with E-state index in [9.17, 15) is 9.18 Å². The maximum atomic E-state index is 13.1. The summed E-state index contributed by atoms with van der Waals surface area (Å²) in [5.74, 6) is -0.572. The Morgan fingerprint density at radius 2 is 1.94 bits per heavy atom. The van der Waals surface area contributed by atoms with Crippen LogP contribution < -0.4 is 10.6 Å². The third-order valence-electron chi connectivity index (χ3n) is 2.07. The van der Waals surface area contributed by atoms with Crippen LogP contribution in [0.1, 0.15) is 20.8 Å². The molecule has 2 N–H and O–H groups in total. The normalized spacial score (nSPS) is 12.4. The molecule has 1 rings (SSSR count). The zero-order valence-corrected chi connectivity index (χ0v) is 10.8. The van der Waals surface area contributed by atoms with E-state index in [-0.39, 0.29) is 11.9 Å².